The minimum absolute atomic E-state index is 0.0930. The Morgan fingerprint density at radius 1 is 0.280 bits per heavy atom. The second-order valence-electron chi connectivity index (χ2n) is 22.0. The average Bonchev–Trinajstić information content (AvgIpc) is 3.41. The number of allylic oxidation sites excluding steroid dienone is 10. The Morgan fingerprint density at radius 3 is 0.800 bits per heavy atom. The zero-order valence-corrected chi connectivity index (χ0v) is 50.1. The lowest BCUT2D eigenvalue weighted by atomic mass is 10.0. The maximum absolute atomic E-state index is 12.8. The van der Waals surface area contributed by atoms with Crippen molar-refractivity contribution < 1.29 is 28.6 Å². The molecule has 0 heterocycles. The monoisotopic (exact) mass is 1050 g/mol. The molecule has 0 radical (unpaired) electrons. The molecular formula is C69H124O6. The first kappa shape index (κ1) is 72.1. The third kappa shape index (κ3) is 61.8. The maximum Gasteiger partial charge on any atom is 0.306 e. The highest BCUT2D eigenvalue weighted by Gasteiger charge is 2.19. The third-order valence-corrected chi connectivity index (χ3v) is 14.5. The Balaban J connectivity index is 4.10. The Morgan fingerprint density at radius 2 is 0.520 bits per heavy atom. The van der Waals surface area contributed by atoms with Crippen LogP contribution < -0.4 is 0 Å². The van der Waals surface area contributed by atoms with Crippen molar-refractivity contribution in [2.45, 2.75) is 348 Å². The fourth-order valence-electron chi connectivity index (χ4n) is 9.66. The van der Waals surface area contributed by atoms with E-state index < -0.39 is 6.10 Å². The van der Waals surface area contributed by atoms with Crippen molar-refractivity contribution in [2.24, 2.45) is 0 Å². The summed E-state index contributed by atoms with van der Waals surface area (Å²) in [5.74, 6) is -0.939. The summed E-state index contributed by atoms with van der Waals surface area (Å²) in [6.07, 6.45) is 81.4. The van der Waals surface area contributed by atoms with E-state index in [9.17, 15) is 14.4 Å². The van der Waals surface area contributed by atoms with E-state index in [1.54, 1.807) is 0 Å². The molecule has 75 heavy (non-hydrogen) atoms. The van der Waals surface area contributed by atoms with Crippen molar-refractivity contribution in [1.29, 1.82) is 0 Å². The lowest BCUT2D eigenvalue weighted by Gasteiger charge is -2.18. The molecule has 0 aromatic carbocycles. The first-order chi connectivity index (χ1) is 37.0. The summed E-state index contributed by atoms with van der Waals surface area (Å²) in [7, 11) is 0. The molecule has 1 unspecified atom stereocenters. The summed E-state index contributed by atoms with van der Waals surface area (Å²) in [6, 6.07) is 0. The van der Waals surface area contributed by atoms with Crippen molar-refractivity contribution >= 4 is 17.9 Å². The predicted molar refractivity (Wildman–Crippen MR) is 325 cm³/mol. The van der Waals surface area contributed by atoms with E-state index >= 15 is 0 Å². The standard InChI is InChI=1S/C69H124O6/c1-4-7-10-13-16-19-21-23-25-27-28-29-30-31-32-33-34-35-36-37-38-39-40-42-43-45-47-50-53-56-59-62-68(71)74-65-66(64-73-67(70)61-58-55-52-49-18-15-12-9-6-3)75-69(72)63-60-57-54-51-48-46-44-41-26-24-22-20-17-14-11-8-5-2/h8,11,17,20,24,26,44,46,51,54,66H,4-7,9-10,12-16,18-19,21-23,25,27-43,45,47-50,52-53,55-65H2,1-3H3/b11-8-,20-17-,26-24-,46-44-,54-51-. The molecule has 0 aromatic rings. The summed E-state index contributed by atoms with van der Waals surface area (Å²) in [6.45, 7) is 6.50. The van der Waals surface area contributed by atoms with Crippen LogP contribution in [0.5, 0.6) is 0 Å². The molecule has 0 spiro atoms. The van der Waals surface area contributed by atoms with E-state index in [0.717, 1.165) is 77.0 Å². The molecule has 0 fully saturated rings. The van der Waals surface area contributed by atoms with Crippen molar-refractivity contribution in [3.8, 4) is 0 Å². The Hall–Kier alpha value is -2.89. The fourth-order valence-corrected chi connectivity index (χ4v) is 9.66. The van der Waals surface area contributed by atoms with E-state index in [4.69, 9.17) is 14.2 Å². The largest absolute Gasteiger partial charge is 0.462 e. The van der Waals surface area contributed by atoms with Crippen LogP contribution in [0, 0.1) is 0 Å². The molecule has 0 bridgehead atoms. The fraction of sp³-hybridized carbons (Fsp3) is 0.812. The van der Waals surface area contributed by atoms with Crippen LogP contribution in [0.1, 0.15) is 342 Å². The van der Waals surface area contributed by atoms with E-state index in [1.807, 2.05) is 0 Å². The van der Waals surface area contributed by atoms with Crippen LogP contribution in [0.4, 0.5) is 0 Å². The highest BCUT2D eigenvalue weighted by molar-refractivity contribution is 5.71. The second kappa shape index (κ2) is 63.6. The van der Waals surface area contributed by atoms with Gasteiger partial charge in [0.2, 0.25) is 0 Å². The number of ether oxygens (including phenoxy) is 3. The van der Waals surface area contributed by atoms with Gasteiger partial charge in [-0.3, -0.25) is 14.4 Å². The molecule has 0 aliphatic carbocycles. The quantitative estimate of drug-likeness (QED) is 0.0261. The molecule has 0 rings (SSSR count). The zero-order chi connectivity index (χ0) is 54.3. The summed E-state index contributed by atoms with van der Waals surface area (Å²) < 4.78 is 16.8. The molecule has 0 aliphatic rings. The molecule has 0 N–H and O–H groups in total. The molecule has 1 atom stereocenters. The van der Waals surface area contributed by atoms with Gasteiger partial charge < -0.3 is 14.2 Å². The Bertz CT molecular complexity index is 1340. The van der Waals surface area contributed by atoms with Gasteiger partial charge in [0.05, 0.1) is 0 Å². The number of carbonyl (C=O) groups is 3. The van der Waals surface area contributed by atoms with Crippen LogP contribution in [0.2, 0.25) is 0 Å². The Labute approximate surface area is 466 Å². The molecular weight excluding hydrogens is 925 g/mol. The van der Waals surface area contributed by atoms with Crippen LogP contribution in [-0.4, -0.2) is 37.2 Å². The minimum Gasteiger partial charge on any atom is -0.462 e. The van der Waals surface area contributed by atoms with Crippen LogP contribution >= 0.6 is 0 Å². The molecule has 0 amide bonds. The molecule has 0 saturated heterocycles. The molecule has 6 nitrogen and oxygen atoms in total. The highest BCUT2D eigenvalue weighted by Crippen LogP contribution is 2.18. The van der Waals surface area contributed by atoms with Gasteiger partial charge in [-0.15, -0.1) is 0 Å². The van der Waals surface area contributed by atoms with Crippen LogP contribution in [0.15, 0.2) is 60.8 Å². The first-order valence-corrected chi connectivity index (χ1v) is 32.8. The van der Waals surface area contributed by atoms with Gasteiger partial charge in [0.1, 0.15) is 13.2 Å². The number of carbonyl (C=O) groups excluding carboxylic acids is 3. The van der Waals surface area contributed by atoms with Gasteiger partial charge in [-0.25, -0.2) is 0 Å². The van der Waals surface area contributed by atoms with Crippen molar-refractivity contribution in [1.82, 2.24) is 0 Å². The summed E-state index contributed by atoms with van der Waals surface area (Å²) in [5, 5.41) is 0. The normalized spacial score (nSPS) is 12.4. The Kier molecular flexibility index (Phi) is 61.2. The number of rotatable bonds is 60. The van der Waals surface area contributed by atoms with Gasteiger partial charge in [0, 0.05) is 19.3 Å². The van der Waals surface area contributed by atoms with Gasteiger partial charge in [-0.2, -0.15) is 0 Å². The molecule has 0 saturated carbocycles. The van der Waals surface area contributed by atoms with Gasteiger partial charge >= 0.3 is 17.9 Å². The molecule has 6 heteroatoms. The lowest BCUT2D eigenvalue weighted by molar-refractivity contribution is -0.167. The molecule has 0 aromatic heterocycles. The lowest BCUT2D eigenvalue weighted by Crippen LogP contribution is -2.30. The van der Waals surface area contributed by atoms with Crippen molar-refractivity contribution in [3.05, 3.63) is 60.8 Å². The maximum atomic E-state index is 12.8. The van der Waals surface area contributed by atoms with Crippen LogP contribution in [0.3, 0.4) is 0 Å². The molecule has 436 valence electrons. The van der Waals surface area contributed by atoms with Gasteiger partial charge in [0.25, 0.3) is 0 Å². The van der Waals surface area contributed by atoms with Gasteiger partial charge in [-0.05, 0) is 57.8 Å². The predicted octanol–water partition coefficient (Wildman–Crippen LogP) is 22.3. The number of hydrogen-bond donors (Lipinski definition) is 0. The van der Waals surface area contributed by atoms with E-state index in [0.29, 0.717) is 19.3 Å². The van der Waals surface area contributed by atoms with Crippen molar-refractivity contribution in [3.63, 3.8) is 0 Å². The van der Waals surface area contributed by atoms with Gasteiger partial charge in [-0.1, -0.05) is 326 Å². The van der Waals surface area contributed by atoms with E-state index in [1.165, 1.54) is 218 Å². The van der Waals surface area contributed by atoms with Crippen molar-refractivity contribution in [2.75, 3.05) is 13.2 Å². The highest BCUT2D eigenvalue weighted by atomic mass is 16.6. The average molecular weight is 1050 g/mol. The SMILES string of the molecule is CC/C=C\C/C=C\C/C=C\C/C=C\C/C=C\CCCC(=O)OC(COC(=O)CCCCCCCCCCC)COC(=O)CCCCCCCCCCCCCCCCCCCCCCCCCCCCCCCCC. The summed E-state index contributed by atoms with van der Waals surface area (Å²) in [4.78, 5) is 38.1. The smallest absolute Gasteiger partial charge is 0.306 e. The van der Waals surface area contributed by atoms with Crippen LogP contribution in [-0.2, 0) is 28.6 Å². The topological polar surface area (TPSA) is 78.9 Å². The third-order valence-electron chi connectivity index (χ3n) is 14.5. The van der Waals surface area contributed by atoms with E-state index in [2.05, 4.69) is 81.5 Å². The number of unbranched alkanes of at least 4 members (excludes halogenated alkanes) is 39. The summed E-state index contributed by atoms with van der Waals surface area (Å²) in [5.41, 5.74) is 0. The first-order valence-electron chi connectivity index (χ1n) is 32.8. The van der Waals surface area contributed by atoms with Gasteiger partial charge in [0.15, 0.2) is 6.10 Å². The second-order valence-corrected chi connectivity index (χ2v) is 22.0. The van der Waals surface area contributed by atoms with E-state index in [-0.39, 0.29) is 37.5 Å². The molecule has 0 aliphatic heterocycles. The summed E-state index contributed by atoms with van der Waals surface area (Å²) >= 11 is 0. The minimum atomic E-state index is -0.800. The number of hydrogen-bond acceptors (Lipinski definition) is 6. The zero-order valence-electron chi connectivity index (χ0n) is 50.1. The van der Waals surface area contributed by atoms with Crippen LogP contribution in [0.25, 0.3) is 0 Å². The number of esters is 3.